The van der Waals surface area contributed by atoms with Gasteiger partial charge in [0.15, 0.2) is 12.4 Å². The Morgan fingerprint density at radius 1 is 1.05 bits per heavy atom. The van der Waals surface area contributed by atoms with Crippen molar-refractivity contribution in [1.82, 2.24) is 0 Å². The molecule has 0 aromatic heterocycles. The van der Waals surface area contributed by atoms with E-state index in [-0.39, 0.29) is 18.1 Å². The van der Waals surface area contributed by atoms with Crippen LogP contribution in [-0.4, -0.2) is 17.5 Å². The molecule has 2 aromatic rings. The third kappa shape index (κ3) is 4.97. The maximum absolute atomic E-state index is 11.9. The van der Waals surface area contributed by atoms with Crippen molar-refractivity contribution in [2.75, 3.05) is 6.61 Å². The summed E-state index contributed by atoms with van der Waals surface area (Å²) in [6, 6.07) is 12.5. The van der Waals surface area contributed by atoms with Crippen molar-refractivity contribution in [1.29, 1.82) is 0 Å². The van der Waals surface area contributed by atoms with E-state index in [0.717, 1.165) is 19.5 Å². The first-order valence-electron chi connectivity index (χ1n) is 6.23. The molecule has 2 rings (SSSR count). The van der Waals surface area contributed by atoms with Gasteiger partial charge in [0, 0.05) is 20.6 Å². The normalized spacial score (nSPS) is 11.3. The largest absolute Gasteiger partial charge is 0.507 e. The fourth-order valence-electron chi connectivity index (χ4n) is 1.63. The molecule has 0 atom stereocenters. The number of rotatable bonds is 5. The van der Waals surface area contributed by atoms with Crippen LogP contribution in [0.5, 0.6) is 5.75 Å². The number of carbonyl (C=O) groups excluding carboxylic acids is 1. The van der Waals surface area contributed by atoms with Crippen molar-refractivity contribution in [2.45, 2.75) is 0 Å². The molecule has 0 radical (unpaired) electrons. The quantitative estimate of drug-likeness (QED) is 0.443. The SMILES string of the molecule is O=C(C=C(O)c1ccc(Br)cc1)COc1cc(Br)ccc1Br. The molecule has 22 heavy (non-hydrogen) atoms. The zero-order chi connectivity index (χ0) is 16.1. The van der Waals surface area contributed by atoms with Crippen LogP contribution in [0.4, 0.5) is 0 Å². The average molecular weight is 491 g/mol. The number of hydrogen-bond acceptors (Lipinski definition) is 3. The molecular weight excluding hydrogens is 480 g/mol. The van der Waals surface area contributed by atoms with Gasteiger partial charge in [-0.25, -0.2) is 0 Å². The molecule has 0 aliphatic rings. The number of benzene rings is 2. The first-order valence-corrected chi connectivity index (χ1v) is 8.61. The van der Waals surface area contributed by atoms with E-state index >= 15 is 0 Å². The van der Waals surface area contributed by atoms with E-state index in [9.17, 15) is 9.90 Å². The number of halogens is 3. The highest BCUT2D eigenvalue weighted by molar-refractivity contribution is 9.11. The highest BCUT2D eigenvalue weighted by Crippen LogP contribution is 2.28. The molecule has 1 N–H and O–H groups in total. The van der Waals surface area contributed by atoms with E-state index < -0.39 is 0 Å². The van der Waals surface area contributed by atoms with E-state index in [0.29, 0.717) is 11.3 Å². The van der Waals surface area contributed by atoms with Crippen molar-refractivity contribution in [3.63, 3.8) is 0 Å². The van der Waals surface area contributed by atoms with Crippen molar-refractivity contribution >= 4 is 59.3 Å². The lowest BCUT2D eigenvalue weighted by Gasteiger charge is -2.07. The van der Waals surface area contributed by atoms with Crippen LogP contribution in [0.25, 0.3) is 5.76 Å². The van der Waals surface area contributed by atoms with E-state index in [4.69, 9.17) is 4.74 Å². The number of hydrogen-bond donors (Lipinski definition) is 1. The molecule has 0 saturated carbocycles. The molecule has 0 amide bonds. The van der Waals surface area contributed by atoms with Gasteiger partial charge in [-0.05, 0) is 46.3 Å². The van der Waals surface area contributed by atoms with Gasteiger partial charge in [0.1, 0.15) is 11.5 Å². The topological polar surface area (TPSA) is 46.5 Å². The molecule has 6 heteroatoms. The van der Waals surface area contributed by atoms with Crippen LogP contribution in [0.15, 0.2) is 62.0 Å². The summed E-state index contributed by atoms with van der Waals surface area (Å²) in [6.45, 7) is -0.157. The van der Waals surface area contributed by atoms with Gasteiger partial charge in [-0.1, -0.05) is 44.0 Å². The Morgan fingerprint density at radius 2 is 1.68 bits per heavy atom. The van der Waals surface area contributed by atoms with Crippen LogP contribution in [0, 0.1) is 0 Å². The molecule has 3 nitrogen and oxygen atoms in total. The molecule has 0 aliphatic carbocycles. The maximum Gasteiger partial charge on any atom is 0.196 e. The van der Waals surface area contributed by atoms with Crippen molar-refractivity contribution in [2.24, 2.45) is 0 Å². The van der Waals surface area contributed by atoms with Gasteiger partial charge in [0.05, 0.1) is 4.47 Å². The summed E-state index contributed by atoms with van der Waals surface area (Å²) < 4.78 is 7.95. The Labute approximate surface area is 153 Å². The minimum absolute atomic E-state index is 0.0885. The molecule has 0 fully saturated rings. The number of aliphatic hydroxyl groups is 1. The standard InChI is InChI=1S/C16H11Br3O3/c17-11-3-1-10(2-4-11)15(21)8-13(20)9-22-16-7-12(18)5-6-14(16)19/h1-8,21H,9H2. The molecule has 0 heterocycles. The lowest BCUT2D eigenvalue weighted by molar-refractivity contribution is -0.116. The lowest BCUT2D eigenvalue weighted by Crippen LogP contribution is -2.09. The molecule has 2 aromatic carbocycles. The molecular formula is C16H11Br3O3. The van der Waals surface area contributed by atoms with Crippen molar-refractivity contribution in [3.05, 3.63) is 67.5 Å². The molecule has 114 valence electrons. The first kappa shape index (κ1) is 17.2. The highest BCUT2D eigenvalue weighted by atomic mass is 79.9. The Balaban J connectivity index is 2.01. The van der Waals surface area contributed by atoms with E-state index in [1.54, 1.807) is 30.3 Å². The zero-order valence-electron chi connectivity index (χ0n) is 11.2. The molecule has 0 spiro atoms. The maximum atomic E-state index is 11.9. The van der Waals surface area contributed by atoms with Gasteiger partial charge in [0.2, 0.25) is 0 Å². The summed E-state index contributed by atoms with van der Waals surface area (Å²) in [4.78, 5) is 11.9. The summed E-state index contributed by atoms with van der Waals surface area (Å²) in [5.41, 5.74) is 0.570. The van der Waals surface area contributed by atoms with E-state index in [1.807, 2.05) is 12.1 Å². The van der Waals surface area contributed by atoms with Crippen LogP contribution in [0.2, 0.25) is 0 Å². The van der Waals surface area contributed by atoms with Gasteiger partial charge in [-0.15, -0.1) is 0 Å². The second-order valence-electron chi connectivity index (χ2n) is 4.37. The number of carbonyl (C=O) groups is 1. The summed E-state index contributed by atoms with van der Waals surface area (Å²) in [7, 11) is 0. The predicted molar refractivity (Wildman–Crippen MR) is 97.1 cm³/mol. The van der Waals surface area contributed by atoms with E-state index in [2.05, 4.69) is 47.8 Å². The number of ether oxygens (including phenoxy) is 1. The van der Waals surface area contributed by atoms with Gasteiger partial charge >= 0.3 is 0 Å². The minimum atomic E-state index is -0.327. The van der Waals surface area contributed by atoms with Crippen LogP contribution in [-0.2, 0) is 4.79 Å². The van der Waals surface area contributed by atoms with Crippen LogP contribution in [0.3, 0.4) is 0 Å². The fourth-order valence-corrected chi connectivity index (χ4v) is 2.60. The molecule has 0 saturated heterocycles. The second kappa shape index (κ2) is 7.94. The first-order chi connectivity index (χ1) is 10.5. The molecule has 0 bridgehead atoms. The summed E-state index contributed by atoms with van der Waals surface area (Å²) in [6.07, 6.45) is 1.16. The average Bonchev–Trinajstić information content (AvgIpc) is 2.49. The summed E-state index contributed by atoms with van der Waals surface area (Å²) in [5.74, 6) is 0.140. The zero-order valence-corrected chi connectivity index (χ0v) is 16.0. The predicted octanol–water partition coefficient (Wildman–Crippen LogP) is 5.52. The Kier molecular flexibility index (Phi) is 6.23. The third-order valence-electron chi connectivity index (χ3n) is 2.70. The molecule has 0 aliphatic heterocycles. The lowest BCUT2D eigenvalue weighted by atomic mass is 10.1. The molecule has 0 unspecified atom stereocenters. The Morgan fingerprint density at radius 3 is 2.36 bits per heavy atom. The number of ketones is 1. The highest BCUT2D eigenvalue weighted by Gasteiger charge is 2.07. The van der Waals surface area contributed by atoms with Gasteiger partial charge < -0.3 is 9.84 Å². The summed E-state index contributed by atoms with van der Waals surface area (Å²) in [5, 5.41) is 9.93. The van der Waals surface area contributed by atoms with Gasteiger partial charge in [-0.2, -0.15) is 0 Å². The minimum Gasteiger partial charge on any atom is -0.507 e. The fraction of sp³-hybridized carbons (Fsp3) is 0.0625. The smallest absolute Gasteiger partial charge is 0.196 e. The summed E-state index contributed by atoms with van der Waals surface area (Å²) >= 11 is 10.00. The monoisotopic (exact) mass is 488 g/mol. The van der Waals surface area contributed by atoms with Crippen LogP contribution < -0.4 is 4.74 Å². The van der Waals surface area contributed by atoms with Crippen LogP contribution >= 0.6 is 47.8 Å². The van der Waals surface area contributed by atoms with Gasteiger partial charge in [-0.3, -0.25) is 4.79 Å². The van der Waals surface area contributed by atoms with Crippen molar-refractivity contribution in [3.8, 4) is 5.75 Å². The Hall–Kier alpha value is -1.11. The van der Waals surface area contributed by atoms with E-state index in [1.165, 1.54) is 0 Å². The van der Waals surface area contributed by atoms with Gasteiger partial charge in [0.25, 0.3) is 0 Å². The van der Waals surface area contributed by atoms with Crippen LogP contribution in [0.1, 0.15) is 5.56 Å². The number of aliphatic hydroxyl groups excluding tert-OH is 1. The third-order valence-corrected chi connectivity index (χ3v) is 4.38. The Bertz CT molecular complexity index is 709. The van der Waals surface area contributed by atoms with Crippen molar-refractivity contribution < 1.29 is 14.6 Å². The second-order valence-corrected chi connectivity index (χ2v) is 7.05.